The largest absolute Gasteiger partial charge is 0.378 e. The van der Waals surface area contributed by atoms with Crippen LogP contribution < -0.4 is 5.32 Å². The minimum absolute atomic E-state index is 0.455. The fraction of sp³-hybridized carbons (Fsp3) is 1.00. The molecule has 3 nitrogen and oxygen atoms in total. The number of nitrogens with one attached hydrogen (secondary N) is 1. The zero-order valence-electron chi connectivity index (χ0n) is 13.2. The van der Waals surface area contributed by atoms with Gasteiger partial charge in [-0.05, 0) is 38.0 Å². The number of rotatable bonds is 5. The van der Waals surface area contributed by atoms with Crippen LogP contribution in [0.5, 0.6) is 0 Å². The molecule has 2 saturated heterocycles. The van der Waals surface area contributed by atoms with Gasteiger partial charge in [0.1, 0.15) is 0 Å². The lowest BCUT2D eigenvalue weighted by atomic mass is 9.96. The molecule has 2 rings (SSSR count). The van der Waals surface area contributed by atoms with Gasteiger partial charge in [0, 0.05) is 38.3 Å². The molecule has 0 amide bonds. The van der Waals surface area contributed by atoms with Crippen molar-refractivity contribution in [3.63, 3.8) is 0 Å². The average molecular weight is 268 g/mol. The monoisotopic (exact) mass is 268 g/mol. The molecule has 0 spiro atoms. The third kappa shape index (κ3) is 4.17. The SMILES string of the molecule is CCC1CNC(CC(C)C)CN1CC1CCOC1C. The van der Waals surface area contributed by atoms with E-state index in [1.807, 2.05) is 0 Å². The molecule has 4 atom stereocenters. The van der Waals surface area contributed by atoms with Crippen molar-refractivity contribution in [1.29, 1.82) is 0 Å². The van der Waals surface area contributed by atoms with Gasteiger partial charge in [0.25, 0.3) is 0 Å². The Balaban J connectivity index is 1.89. The summed E-state index contributed by atoms with van der Waals surface area (Å²) in [6, 6.07) is 1.40. The van der Waals surface area contributed by atoms with E-state index >= 15 is 0 Å². The minimum atomic E-state index is 0.455. The summed E-state index contributed by atoms with van der Waals surface area (Å²) in [4.78, 5) is 2.74. The van der Waals surface area contributed by atoms with Crippen LogP contribution in [0.1, 0.15) is 47.0 Å². The second-order valence-corrected chi connectivity index (χ2v) is 6.88. The summed E-state index contributed by atoms with van der Waals surface area (Å²) in [5.74, 6) is 1.53. The van der Waals surface area contributed by atoms with E-state index in [9.17, 15) is 0 Å². The molecule has 112 valence electrons. The van der Waals surface area contributed by atoms with E-state index in [0.29, 0.717) is 12.1 Å². The van der Waals surface area contributed by atoms with Gasteiger partial charge in [-0.2, -0.15) is 0 Å². The molecule has 2 fully saturated rings. The first-order chi connectivity index (χ1) is 9.10. The molecule has 3 heteroatoms. The van der Waals surface area contributed by atoms with E-state index in [0.717, 1.165) is 31.0 Å². The van der Waals surface area contributed by atoms with E-state index in [-0.39, 0.29) is 0 Å². The summed E-state index contributed by atoms with van der Waals surface area (Å²) in [6.45, 7) is 13.8. The molecular formula is C16H32N2O. The van der Waals surface area contributed by atoms with Gasteiger partial charge in [-0.1, -0.05) is 20.8 Å². The van der Waals surface area contributed by atoms with E-state index in [1.165, 1.54) is 32.4 Å². The van der Waals surface area contributed by atoms with Gasteiger partial charge in [-0.25, -0.2) is 0 Å². The predicted octanol–water partition coefficient (Wildman–Crippen LogP) is 2.51. The molecule has 0 saturated carbocycles. The number of hydrogen-bond acceptors (Lipinski definition) is 3. The maximum absolute atomic E-state index is 5.72. The van der Waals surface area contributed by atoms with Gasteiger partial charge >= 0.3 is 0 Å². The zero-order chi connectivity index (χ0) is 13.8. The Morgan fingerprint density at radius 2 is 2.16 bits per heavy atom. The van der Waals surface area contributed by atoms with Crippen LogP contribution in [0.2, 0.25) is 0 Å². The molecular weight excluding hydrogens is 236 g/mol. The summed E-state index contributed by atoms with van der Waals surface area (Å²) in [5, 5.41) is 3.74. The van der Waals surface area contributed by atoms with Crippen molar-refractivity contribution >= 4 is 0 Å². The molecule has 2 aliphatic heterocycles. The number of piperazine rings is 1. The highest BCUT2D eigenvalue weighted by atomic mass is 16.5. The fourth-order valence-electron chi connectivity index (χ4n) is 3.60. The van der Waals surface area contributed by atoms with Crippen LogP contribution in [-0.2, 0) is 4.74 Å². The summed E-state index contributed by atoms with van der Waals surface area (Å²) < 4.78 is 5.72. The van der Waals surface area contributed by atoms with Crippen molar-refractivity contribution in [2.24, 2.45) is 11.8 Å². The molecule has 0 radical (unpaired) electrons. The number of hydrogen-bond donors (Lipinski definition) is 1. The van der Waals surface area contributed by atoms with E-state index in [1.54, 1.807) is 0 Å². The van der Waals surface area contributed by atoms with Crippen LogP contribution in [0.15, 0.2) is 0 Å². The molecule has 0 aromatic carbocycles. The second kappa shape index (κ2) is 7.05. The average Bonchev–Trinajstić information content (AvgIpc) is 2.75. The first kappa shape index (κ1) is 15.3. The summed E-state index contributed by atoms with van der Waals surface area (Å²) >= 11 is 0. The minimum Gasteiger partial charge on any atom is -0.378 e. The summed E-state index contributed by atoms with van der Waals surface area (Å²) in [6.07, 6.45) is 4.25. The molecule has 0 aromatic rings. The molecule has 0 aromatic heterocycles. The Morgan fingerprint density at radius 3 is 2.74 bits per heavy atom. The van der Waals surface area contributed by atoms with E-state index in [4.69, 9.17) is 4.74 Å². The maximum Gasteiger partial charge on any atom is 0.0588 e. The third-order valence-corrected chi connectivity index (χ3v) is 4.84. The van der Waals surface area contributed by atoms with Crippen LogP contribution in [0.4, 0.5) is 0 Å². The smallest absolute Gasteiger partial charge is 0.0588 e. The fourth-order valence-corrected chi connectivity index (χ4v) is 3.60. The van der Waals surface area contributed by atoms with Gasteiger partial charge in [0.15, 0.2) is 0 Å². The molecule has 1 N–H and O–H groups in total. The molecule has 0 aliphatic carbocycles. The lowest BCUT2D eigenvalue weighted by molar-refractivity contribution is 0.0637. The summed E-state index contributed by atoms with van der Waals surface area (Å²) in [7, 11) is 0. The third-order valence-electron chi connectivity index (χ3n) is 4.84. The van der Waals surface area contributed by atoms with Crippen molar-refractivity contribution < 1.29 is 4.74 Å². The molecule has 19 heavy (non-hydrogen) atoms. The topological polar surface area (TPSA) is 24.5 Å². The van der Waals surface area contributed by atoms with E-state index < -0.39 is 0 Å². The lowest BCUT2D eigenvalue weighted by Gasteiger charge is -2.42. The highest BCUT2D eigenvalue weighted by Crippen LogP contribution is 2.24. The number of ether oxygens (including phenoxy) is 1. The Kier molecular flexibility index (Phi) is 5.67. The second-order valence-electron chi connectivity index (χ2n) is 6.88. The van der Waals surface area contributed by atoms with Crippen LogP contribution in [0.25, 0.3) is 0 Å². The Bertz CT molecular complexity index is 269. The molecule has 2 aliphatic rings. The van der Waals surface area contributed by atoms with E-state index in [2.05, 4.69) is 37.9 Å². The summed E-state index contributed by atoms with van der Waals surface area (Å²) in [5.41, 5.74) is 0. The van der Waals surface area contributed by atoms with Crippen LogP contribution in [-0.4, -0.2) is 49.3 Å². The maximum atomic E-state index is 5.72. The highest BCUT2D eigenvalue weighted by molar-refractivity contribution is 4.88. The van der Waals surface area contributed by atoms with Gasteiger partial charge in [0.2, 0.25) is 0 Å². The Labute approximate surface area is 119 Å². The standard InChI is InChI=1S/C16H32N2O/c1-5-16-9-17-15(8-12(2)3)11-18(16)10-14-6-7-19-13(14)4/h12-17H,5-11H2,1-4H3. The van der Waals surface area contributed by atoms with Crippen molar-refractivity contribution in [2.45, 2.75) is 65.1 Å². The predicted molar refractivity (Wildman–Crippen MR) is 80.4 cm³/mol. The zero-order valence-corrected chi connectivity index (χ0v) is 13.2. The van der Waals surface area contributed by atoms with Crippen LogP contribution in [0.3, 0.4) is 0 Å². The molecule has 4 unspecified atom stereocenters. The molecule has 2 heterocycles. The number of nitrogens with zero attached hydrogens (tertiary/aromatic N) is 1. The Morgan fingerprint density at radius 1 is 1.37 bits per heavy atom. The van der Waals surface area contributed by atoms with Gasteiger partial charge in [0.05, 0.1) is 6.10 Å². The first-order valence-corrected chi connectivity index (χ1v) is 8.19. The quantitative estimate of drug-likeness (QED) is 0.829. The normalized spacial score (nSPS) is 37.1. The van der Waals surface area contributed by atoms with Gasteiger partial charge in [-0.3, -0.25) is 4.90 Å². The van der Waals surface area contributed by atoms with Gasteiger partial charge < -0.3 is 10.1 Å². The van der Waals surface area contributed by atoms with Crippen molar-refractivity contribution in [3.8, 4) is 0 Å². The van der Waals surface area contributed by atoms with Crippen molar-refractivity contribution in [1.82, 2.24) is 10.2 Å². The van der Waals surface area contributed by atoms with Crippen molar-refractivity contribution in [3.05, 3.63) is 0 Å². The lowest BCUT2D eigenvalue weighted by Crippen LogP contribution is -2.57. The van der Waals surface area contributed by atoms with Crippen LogP contribution in [0, 0.1) is 11.8 Å². The first-order valence-electron chi connectivity index (χ1n) is 8.19. The van der Waals surface area contributed by atoms with Crippen molar-refractivity contribution in [2.75, 3.05) is 26.2 Å². The van der Waals surface area contributed by atoms with Crippen LogP contribution >= 0.6 is 0 Å². The van der Waals surface area contributed by atoms with Gasteiger partial charge in [-0.15, -0.1) is 0 Å². The highest BCUT2D eigenvalue weighted by Gasteiger charge is 2.32. The molecule has 0 bridgehead atoms. The Hall–Kier alpha value is -0.120.